The van der Waals surface area contributed by atoms with Gasteiger partial charge < -0.3 is 0 Å². The Morgan fingerprint density at radius 1 is 0.550 bits per heavy atom. The number of rotatable bonds is 16. The van der Waals surface area contributed by atoms with Gasteiger partial charge >= 0.3 is 0 Å². The molecule has 0 unspecified atom stereocenters. The smallest absolute Gasteiger partial charge is 0.0351 e. The molecule has 0 rings (SSSR count). The Balaban J connectivity index is 2.97. The summed E-state index contributed by atoms with van der Waals surface area (Å²) in [5.41, 5.74) is 0. The van der Waals surface area contributed by atoms with E-state index in [4.69, 9.17) is 0 Å². The van der Waals surface area contributed by atoms with Gasteiger partial charge in [-0.2, -0.15) is 0 Å². The van der Waals surface area contributed by atoms with Crippen molar-refractivity contribution in [1.82, 2.24) is 0 Å². The van der Waals surface area contributed by atoms with Gasteiger partial charge in [0, 0.05) is 0 Å². The van der Waals surface area contributed by atoms with E-state index in [1.807, 2.05) is 0 Å². The van der Waals surface area contributed by atoms with Gasteiger partial charge in [0.1, 0.15) is 0 Å². The Hall–Kier alpha value is -0.260. The highest BCUT2D eigenvalue weighted by Gasteiger charge is 1.92. The molecule has 0 aromatic heterocycles. The van der Waals surface area contributed by atoms with Gasteiger partial charge in [-0.1, -0.05) is 109 Å². The highest BCUT2D eigenvalue weighted by Crippen LogP contribution is 2.12. The molecule has 0 saturated heterocycles. The van der Waals surface area contributed by atoms with Crippen molar-refractivity contribution < 1.29 is 0 Å². The van der Waals surface area contributed by atoms with Crippen molar-refractivity contribution in [1.29, 1.82) is 0 Å². The Labute approximate surface area is 129 Å². The molecular weight excluding hydrogens is 240 g/mol. The molecule has 0 aliphatic rings. The molecule has 0 aliphatic carbocycles. The van der Waals surface area contributed by atoms with Crippen LogP contribution in [0.2, 0.25) is 0 Å². The van der Waals surface area contributed by atoms with Gasteiger partial charge in [-0.05, 0) is 19.3 Å². The largest absolute Gasteiger partial charge is 0.0885 e. The van der Waals surface area contributed by atoms with E-state index in [0.29, 0.717) is 0 Å². The zero-order valence-electron chi connectivity index (χ0n) is 14.2. The third-order valence-corrected chi connectivity index (χ3v) is 4.01. The Morgan fingerprint density at radius 3 is 1.40 bits per heavy atom. The Morgan fingerprint density at radius 2 is 0.950 bits per heavy atom. The second-order valence-electron chi connectivity index (χ2n) is 6.14. The van der Waals surface area contributed by atoms with Crippen LogP contribution in [0, 0.1) is 6.92 Å². The predicted molar refractivity (Wildman–Crippen MR) is 94.0 cm³/mol. The molecule has 0 N–H and O–H groups in total. The molecule has 0 heterocycles. The van der Waals surface area contributed by atoms with Crippen LogP contribution in [0.5, 0.6) is 0 Å². The van der Waals surface area contributed by atoms with Crippen LogP contribution in [0.15, 0.2) is 12.2 Å². The van der Waals surface area contributed by atoms with Gasteiger partial charge in [0.05, 0.1) is 0 Å². The van der Waals surface area contributed by atoms with Gasteiger partial charge in [0.15, 0.2) is 0 Å². The first-order valence-electron chi connectivity index (χ1n) is 9.36. The van der Waals surface area contributed by atoms with E-state index < -0.39 is 0 Å². The second-order valence-corrected chi connectivity index (χ2v) is 6.14. The first kappa shape index (κ1) is 19.7. The van der Waals surface area contributed by atoms with E-state index in [1.54, 1.807) is 0 Å². The molecule has 0 heteroatoms. The topological polar surface area (TPSA) is 0 Å². The lowest BCUT2D eigenvalue weighted by atomic mass is 10.0. The lowest BCUT2D eigenvalue weighted by Crippen LogP contribution is -1.82. The third kappa shape index (κ3) is 17.7. The molecule has 0 saturated carbocycles. The number of allylic oxidation sites excluding steroid dienone is 2. The van der Waals surface area contributed by atoms with E-state index in [2.05, 4.69) is 26.0 Å². The first-order valence-corrected chi connectivity index (χ1v) is 9.36. The van der Waals surface area contributed by atoms with Crippen LogP contribution < -0.4 is 0 Å². The second kappa shape index (κ2) is 18.7. The molecule has 0 aromatic carbocycles. The van der Waals surface area contributed by atoms with E-state index in [-0.39, 0.29) is 0 Å². The summed E-state index contributed by atoms with van der Waals surface area (Å²) in [5.74, 6) is 0. The zero-order chi connectivity index (χ0) is 14.7. The fraction of sp³-hybridized carbons (Fsp3) is 0.850. The van der Waals surface area contributed by atoms with Crippen molar-refractivity contribution in [3.8, 4) is 0 Å². The molecular formula is C20H39. The normalized spacial score (nSPS) is 11.5. The van der Waals surface area contributed by atoms with Crippen molar-refractivity contribution in [2.24, 2.45) is 0 Å². The van der Waals surface area contributed by atoms with Crippen LogP contribution in [0.25, 0.3) is 0 Å². The lowest BCUT2D eigenvalue weighted by molar-refractivity contribution is 0.547. The van der Waals surface area contributed by atoms with Gasteiger partial charge in [-0.15, -0.1) is 0 Å². The summed E-state index contributed by atoms with van der Waals surface area (Å²) in [5, 5.41) is 0. The molecule has 0 fully saturated rings. The molecule has 0 nitrogen and oxygen atoms in total. The average molecular weight is 280 g/mol. The number of hydrogen-bond donors (Lipinski definition) is 0. The lowest BCUT2D eigenvalue weighted by Gasteiger charge is -2.02. The maximum Gasteiger partial charge on any atom is -0.0351 e. The Bertz CT molecular complexity index is 180. The molecule has 0 aliphatic heterocycles. The number of unbranched alkanes of at least 4 members (excludes halogenated alkanes) is 14. The maximum atomic E-state index is 3.89. The minimum Gasteiger partial charge on any atom is -0.0885 e. The van der Waals surface area contributed by atoms with E-state index in [0.717, 1.165) is 6.42 Å². The summed E-state index contributed by atoms with van der Waals surface area (Å²) in [6, 6.07) is 0. The standard InChI is InChI=1S/C20H39/c1-3-5-7-9-11-13-15-17-19-20-18-16-14-12-10-8-6-4-2/h10,12H,1,3-9,11,13-20H2,2H3. The fourth-order valence-corrected chi connectivity index (χ4v) is 2.59. The molecule has 0 amide bonds. The van der Waals surface area contributed by atoms with E-state index >= 15 is 0 Å². The minimum absolute atomic E-state index is 1.12. The summed E-state index contributed by atoms with van der Waals surface area (Å²) in [6.45, 7) is 6.15. The summed E-state index contributed by atoms with van der Waals surface area (Å²) < 4.78 is 0. The van der Waals surface area contributed by atoms with Crippen molar-refractivity contribution >= 4 is 0 Å². The van der Waals surface area contributed by atoms with Crippen LogP contribution in [-0.4, -0.2) is 0 Å². The molecule has 0 aromatic rings. The first-order chi connectivity index (χ1) is 9.91. The van der Waals surface area contributed by atoms with Gasteiger partial charge in [0.25, 0.3) is 0 Å². The highest BCUT2D eigenvalue weighted by molar-refractivity contribution is 4.81. The summed E-state index contributed by atoms with van der Waals surface area (Å²) in [7, 11) is 0. The summed E-state index contributed by atoms with van der Waals surface area (Å²) in [6.07, 6.45) is 26.9. The predicted octanol–water partition coefficient (Wildman–Crippen LogP) is 7.64. The third-order valence-electron chi connectivity index (χ3n) is 4.01. The molecule has 1 radical (unpaired) electrons. The fourth-order valence-electron chi connectivity index (χ4n) is 2.59. The molecule has 119 valence electrons. The van der Waals surface area contributed by atoms with E-state index in [1.165, 1.54) is 96.3 Å². The highest BCUT2D eigenvalue weighted by atomic mass is 14.0. The van der Waals surface area contributed by atoms with Crippen molar-refractivity contribution in [3.05, 3.63) is 19.1 Å². The van der Waals surface area contributed by atoms with Crippen molar-refractivity contribution in [2.75, 3.05) is 0 Å². The van der Waals surface area contributed by atoms with Crippen LogP contribution in [0.3, 0.4) is 0 Å². The SMILES string of the molecule is [CH2]CCCCCCCCCCCCCC=CCCCC. The van der Waals surface area contributed by atoms with Gasteiger partial charge in [0.2, 0.25) is 0 Å². The summed E-state index contributed by atoms with van der Waals surface area (Å²) >= 11 is 0. The van der Waals surface area contributed by atoms with Crippen LogP contribution in [0.1, 0.15) is 110 Å². The van der Waals surface area contributed by atoms with Crippen LogP contribution >= 0.6 is 0 Å². The van der Waals surface area contributed by atoms with Crippen LogP contribution in [-0.2, 0) is 0 Å². The van der Waals surface area contributed by atoms with Gasteiger partial charge in [-0.3, -0.25) is 0 Å². The maximum absolute atomic E-state index is 3.89. The quantitative estimate of drug-likeness (QED) is 0.201. The molecule has 0 atom stereocenters. The van der Waals surface area contributed by atoms with E-state index in [9.17, 15) is 0 Å². The monoisotopic (exact) mass is 279 g/mol. The molecule has 20 heavy (non-hydrogen) atoms. The average Bonchev–Trinajstić information content (AvgIpc) is 2.47. The molecule has 0 spiro atoms. The van der Waals surface area contributed by atoms with Crippen molar-refractivity contribution in [2.45, 2.75) is 110 Å². The van der Waals surface area contributed by atoms with Gasteiger partial charge in [-0.25, -0.2) is 0 Å². The molecule has 0 bridgehead atoms. The number of hydrogen-bond acceptors (Lipinski definition) is 0. The van der Waals surface area contributed by atoms with Crippen LogP contribution in [0.4, 0.5) is 0 Å². The van der Waals surface area contributed by atoms with Crippen molar-refractivity contribution in [3.63, 3.8) is 0 Å². The minimum atomic E-state index is 1.12. The zero-order valence-corrected chi connectivity index (χ0v) is 14.2. The Kier molecular flexibility index (Phi) is 18.5. The summed E-state index contributed by atoms with van der Waals surface area (Å²) in [4.78, 5) is 0.